The maximum Gasteiger partial charge on any atom is 0.323 e. The van der Waals surface area contributed by atoms with E-state index in [-0.39, 0.29) is 16.6 Å². The maximum atomic E-state index is 13.0. The van der Waals surface area contributed by atoms with Gasteiger partial charge in [-0.25, -0.2) is 18.2 Å². The van der Waals surface area contributed by atoms with Crippen LogP contribution in [0.2, 0.25) is 0 Å². The Morgan fingerprint density at radius 3 is 2.76 bits per heavy atom. The van der Waals surface area contributed by atoms with E-state index in [1.165, 1.54) is 16.4 Å². The average Bonchev–Trinajstić information content (AvgIpc) is 3.22. The van der Waals surface area contributed by atoms with Crippen molar-refractivity contribution < 1.29 is 8.42 Å². The van der Waals surface area contributed by atoms with Gasteiger partial charge in [0.25, 0.3) is 0 Å². The molecule has 1 fully saturated rings. The Bertz CT molecular complexity index is 1050. The summed E-state index contributed by atoms with van der Waals surface area (Å²) < 4.78 is 27.5. The van der Waals surface area contributed by atoms with Crippen LogP contribution in [-0.4, -0.2) is 64.2 Å². The molecule has 0 unspecified atom stereocenters. The van der Waals surface area contributed by atoms with Crippen LogP contribution in [0.5, 0.6) is 0 Å². The first-order valence-corrected chi connectivity index (χ1v) is 9.31. The molecule has 3 aromatic rings. The molecule has 1 atom stereocenters. The Labute approximate surface area is 143 Å². The van der Waals surface area contributed by atoms with Crippen LogP contribution >= 0.6 is 0 Å². The Morgan fingerprint density at radius 2 is 2.00 bits per heavy atom. The molecule has 0 saturated carbocycles. The van der Waals surface area contributed by atoms with Crippen LogP contribution in [0.4, 0.5) is 0 Å². The third-order valence-corrected chi connectivity index (χ3v) is 6.43. The second-order valence-electron chi connectivity index (χ2n) is 6.12. The molecule has 2 aromatic heterocycles. The van der Waals surface area contributed by atoms with Gasteiger partial charge in [0.2, 0.25) is 10.0 Å². The number of nitrogens with one attached hydrogen (secondary N) is 3. The SMILES string of the molecule is CN1CCN(S(=O)(=O)c2ccc3[nH]c(=O)[nH]c3c2)C[C@H]1c1ncc[nH]1. The van der Waals surface area contributed by atoms with E-state index in [0.29, 0.717) is 30.7 Å². The Hall–Kier alpha value is -2.43. The Balaban J connectivity index is 1.67. The average molecular weight is 362 g/mol. The van der Waals surface area contributed by atoms with Crippen LogP contribution in [-0.2, 0) is 10.0 Å². The summed E-state index contributed by atoms with van der Waals surface area (Å²) in [5.74, 6) is 0.743. The number of fused-ring (bicyclic) bond motifs is 1. The molecule has 0 amide bonds. The number of imidazole rings is 2. The van der Waals surface area contributed by atoms with Gasteiger partial charge in [-0.1, -0.05) is 0 Å². The van der Waals surface area contributed by atoms with Crippen LogP contribution in [0, 0.1) is 0 Å². The lowest BCUT2D eigenvalue weighted by atomic mass is 10.2. The predicted molar refractivity (Wildman–Crippen MR) is 91.6 cm³/mol. The normalized spacial score (nSPS) is 20.3. The summed E-state index contributed by atoms with van der Waals surface area (Å²) in [6.07, 6.45) is 3.39. The lowest BCUT2D eigenvalue weighted by molar-refractivity contribution is 0.142. The van der Waals surface area contributed by atoms with E-state index >= 15 is 0 Å². The van der Waals surface area contributed by atoms with Crippen LogP contribution in [0.25, 0.3) is 11.0 Å². The van der Waals surface area contributed by atoms with Crippen molar-refractivity contribution in [1.82, 2.24) is 29.1 Å². The van der Waals surface area contributed by atoms with E-state index in [9.17, 15) is 13.2 Å². The standard InChI is InChI=1S/C15H18N6O3S/c1-20-6-7-21(9-13(20)14-16-4-5-17-14)25(23,24)10-2-3-11-12(8-10)19-15(22)18-11/h2-5,8,13H,6-7,9H2,1H3,(H,16,17)(H2,18,19,22)/t13-/m0/s1. The van der Waals surface area contributed by atoms with Crippen molar-refractivity contribution in [2.75, 3.05) is 26.7 Å². The molecular weight excluding hydrogens is 344 g/mol. The van der Waals surface area contributed by atoms with E-state index in [2.05, 4.69) is 24.8 Å². The molecule has 0 aliphatic carbocycles. The summed E-state index contributed by atoms with van der Waals surface area (Å²) in [7, 11) is -1.71. The topological polar surface area (TPSA) is 118 Å². The molecule has 3 heterocycles. The van der Waals surface area contributed by atoms with Crippen molar-refractivity contribution >= 4 is 21.1 Å². The van der Waals surface area contributed by atoms with E-state index in [1.54, 1.807) is 18.5 Å². The monoisotopic (exact) mass is 362 g/mol. The minimum atomic E-state index is -3.66. The Kier molecular flexibility index (Phi) is 3.74. The number of aromatic nitrogens is 4. The molecule has 4 rings (SSSR count). The fourth-order valence-electron chi connectivity index (χ4n) is 3.14. The number of hydrogen-bond donors (Lipinski definition) is 3. The number of aromatic amines is 3. The molecule has 1 aliphatic heterocycles. The molecule has 1 aromatic carbocycles. The second kappa shape index (κ2) is 5.83. The highest BCUT2D eigenvalue weighted by atomic mass is 32.2. The Morgan fingerprint density at radius 1 is 1.20 bits per heavy atom. The van der Waals surface area contributed by atoms with Crippen molar-refractivity contribution in [3.63, 3.8) is 0 Å². The lowest BCUT2D eigenvalue weighted by Gasteiger charge is -2.37. The maximum absolute atomic E-state index is 13.0. The van der Waals surface area contributed by atoms with Crippen molar-refractivity contribution in [3.8, 4) is 0 Å². The molecule has 0 radical (unpaired) electrons. The fraction of sp³-hybridized carbons (Fsp3) is 0.333. The van der Waals surface area contributed by atoms with Crippen molar-refractivity contribution in [1.29, 1.82) is 0 Å². The smallest absolute Gasteiger partial charge is 0.323 e. The van der Waals surface area contributed by atoms with Crippen molar-refractivity contribution in [3.05, 3.63) is 46.9 Å². The van der Waals surface area contributed by atoms with Crippen LogP contribution in [0.1, 0.15) is 11.9 Å². The number of H-pyrrole nitrogens is 3. The van der Waals surface area contributed by atoms with Gasteiger partial charge in [-0.3, -0.25) is 4.90 Å². The summed E-state index contributed by atoms with van der Waals surface area (Å²) in [5.41, 5.74) is 0.695. The van der Waals surface area contributed by atoms with Gasteiger partial charge in [0.15, 0.2) is 0 Å². The first-order chi connectivity index (χ1) is 11.9. The number of hydrogen-bond acceptors (Lipinski definition) is 5. The van der Waals surface area contributed by atoms with Gasteiger partial charge < -0.3 is 15.0 Å². The quantitative estimate of drug-likeness (QED) is 0.618. The highest BCUT2D eigenvalue weighted by Crippen LogP contribution is 2.26. The number of benzene rings is 1. The number of piperazine rings is 1. The van der Waals surface area contributed by atoms with Gasteiger partial charge in [-0.2, -0.15) is 4.31 Å². The minimum Gasteiger partial charge on any atom is -0.347 e. The summed E-state index contributed by atoms with van der Waals surface area (Å²) >= 11 is 0. The van der Waals surface area contributed by atoms with E-state index in [1.807, 2.05) is 7.05 Å². The van der Waals surface area contributed by atoms with Crippen LogP contribution in [0.3, 0.4) is 0 Å². The molecule has 1 aliphatic rings. The van der Waals surface area contributed by atoms with Crippen molar-refractivity contribution in [2.45, 2.75) is 10.9 Å². The largest absolute Gasteiger partial charge is 0.347 e. The lowest BCUT2D eigenvalue weighted by Crippen LogP contribution is -2.49. The first kappa shape index (κ1) is 16.1. The summed E-state index contributed by atoms with van der Waals surface area (Å²) in [6.45, 7) is 1.32. The predicted octanol–water partition coefficient (Wildman–Crippen LogP) is 0.257. The molecule has 25 heavy (non-hydrogen) atoms. The molecule has 9 nitrogen and oxygen atoms in total. The number of nitrogens with zero attached hydrogens (tertiary/aromatic N) is 3. The molecule has 132 valence electrons. The fourth-order valence-corrected chi connectivity index (χ4v) is 4.61. The molecule has 1 saturated heterocycles. The van der Waals surface area contributed by atoms with Gasteiger partial charge >= 0.3 is 5.69 Å². The third kappa shape index (κ3) is 2.77. The highest BCUT2D eigenvalue weighted by Gasteiger charge is 2.34. The molecule has 3 N–H and O–H groups in total. The first-order valence-electron chi connectivity index (χ1n) is 7.87. The number of likely N-dealkylation sites (N-methyl/N-ethyl adjacent to an activating group) is 1. The summed E-state index contributed by atoms with van der Waals surface area (Å²) in [6, 6.07) is 4.47. The third-order valence-electron chi connectivity index (χ3n) is 4.57. The van der Waals surface area contributed by atoms with Gasteiger partial charge in [-0.15, -0.1) is 0 Å². The molecular formula is C15H18N6O3S. The van der Waals surface area contributed by atoms with E-state index < -0.39 is 10.0 Å². The zero-order valence-electron chi connectivity index (χ0n) is 13.6. The number of rotatable bonds is 3. The van der Waals surface area contributed by atoms with Gasteiger partial charge in [0.1, 0.15) is 5.82 Å². The second-order valence-corrected chi connectivity index (χ2v) is 8.06. The van der Waals surface area contributed by atoms with Gasteiger partial charge in [-0.05, 0) is 25.2 Å². The van der Waals surface area contributed by atoms with E-state index in [0.717, 1.165) is 5.82 Å². The molecule has 0 spiro atoms. The number of sulfonamides is 1. The highest BCUT2D eigenvalue weighted by molar-refractivity contribution is 7.89. The summed E-state index contributed by atoms with van der Waals surface area (Å²) in [4.78, 5) is 26.1. The van der Waals surface area contributed by atoms with Crippen LogP contribution in [0.15, 0.2) is 40.3 Å². The molecule has 0 bridgehead atoms. The summed E-state index contributed by atoms with van der Waals surface area (Å²) in [5, 5.41) is 0. The minimum absolute atomic E-state index is 0.130. The van der Waals surface area contributed by atoms with Gasteiger partial charge in [0.05, 0.1) is 22.0 Å². The molecule has 10 heteroatoms. The van der Waals surface area contributed by atoms with Crippen LogP contribution < -0.4 is 5.69 Å². The zero-order valence-corrected chi connectivity index (χ0v) is 14.4. The van der Waals surface area contributed by atoms with Gasteiger partial charge in [0, 0.05) is 32.0 Å². The zero-order chi connectivity index (χ0) is 17.6. The van der Waals surface area contributed by atoms with Crippen molar-refractivity contribution in [2.24, 2.45) is 0 Å². The van der Waals surface area contributed by atoms with E-state index in [4.69, 9.17) is 0 Å².